The molecule has 0 unspecified atom stereocenters. The Labute approximate surface area is 123 Å². The minimum Gasteiger partial charge on any atom is -0.0683 e. The van der Waals surface area contributed by atoms with Crippen molar-refractivity contribution in [3.63, 3.8) is 0 Å². The summed E-state index contributed by atoms with van der Waals surface area (Å²) in [5.74, 6) is 0. The van der Waals surface area contributed by atoms with Gasteiger partial charge in [-0.1, -0.05) is 51.8 Å². The average molecular weight is 313 g/mol. The molecule has 0 saturated carbocycles. The maximum absolute atomic E-state index is 3.74. The minimum atomic E-state index is 1.08. The van der Waals surface area contributed by atoms with Gasteiger partial charge in [0, 0.05) is 10.0 Å². The van der Waals surface area contributed by atoms with Crippen LogP contribution in [0.4, 0.5) is 0 Å². The fraction of sp³-hybridized carbons (Fsp3) is 0.222. The molecular formula is C18H17Br. The fourth-order valence-electron chi connectivity index (χ4n) is 2.85. The third-order valence-electron chi connectivity index (χ3n) is 4.02. The number of hydrogen-bond donors (Lipinski definition) is 0. The van der Waals surface area contributed by atoms with E-state index in [0.717, 1.165) is 6.42 Å². The highest BCUT2D eigenvalue weighted by atomic mass is 79.9. The van der Waals surface area contributed by atoms with Gasteiger partial charge in [-0.2, -0.15) is 0 Å². The van der Waals surface area contributed by atoms with Crippen LogP contribution in [0.15, 0.2) is 40.4 Å². The Morgan fingerprint density at radius 1 is 1.00 bits per heavy atom. The monoisotopic (exact) mass is 312 g/mol. The molecule has 0 bridgehead atoms. The zero-order valence-corrected chi connectivity index (χ0v) is 13.1. The van der Waals surface area contributed by atoms with E-state index in [1.807, 2.05) is 0 Å². The van der Waals surface area contributed by atoms with Crippen molar-refractivity contribution in [3.8, 4) is 11.1 Å². The molecule has 1 aliphatic carbocycles. The van der Waals surface area contributed by atoms with Gasteiger partial charge in [-0.3, -0.25) is 0 Å². The van der Waals surface area contributed by atoms with Gasteiger partial charge in [-0.05, 0) is 61.1 Å². The lowest BCUT2D eigenvalue weighted by atomic mass is 9.92. The molecule has 0 saturated heterocycles. The van der Waals surface area contributed by atoms with Crippen LogP contribution in [0.3, 0.4) is 0 Å². The Hall–Kier alpha value is -1.34. The maximum Gasteiger partial charge on any atom is 0.0260 e. The summed E-state index contributed by atoms with van der Waals surface area (Å²) in [6.45, 7) is 6.60. The summed E-state index contributed by atoms with van der Waals surface area (Å²) in [5, 5.41) is 0. The molecule has 0 atom stereocenters. The van der Waals surface area contributed by atoms with E-state index >= 15 is 0 Å². The molecule has 2 aromatic rings. The van der Waals surface area contributed by atoms with Crippen LogP contribution < -0.4 is 0 Å². The highest BCUT2D eigenvalue weighted by molar-refractivity contribution is 9.10. The van der Waals surface area contributed by atoms with Crippen LogP contribution >= 0.6 is 15.9 Å². The van der Waals surface area contributed by atoms with Crippen LogP contribution in [0.1, 0.15) is 29.2 Å². The predicted octanol–water partition coefficient (Wildman–Crippen LogP) is 5.69. The Morgan fingerprint density at radius 2 is 1.79 bits per heavy atom. The van der Waals surface area contributed by atoms with E-state index in [1.165, 1.54) is 43.4 Å². The van der Waals surface area contributed by atoms with E-state index in [-0.39, 0.29) is 0 Å². The van der Waals surface area contributed by atoms with Gasteiger partial charge in [0.15, 0.2) is 0 Å². The van der Waals surface area contributed by atoms with Crippen LogP contribution in [0.2, 0.25) is 0 Å². The van der Waals surface area contributed by atoms with Gasteiger partial charge >= 0.3 is 0 Å². The quantitative estimate of drug-likeness (QED) is 0.634. The Balaban J connectivity index is 2.32. The molecule has 96 valence electrons. The molecule has 0 radical (unpaired) electrons. The molecule has 0 aliphatic heterocycles. The summed E-state index contributed by atoms with van der Waals surface area (Å²) in [5.41, 5.74) is 9.68. The second-order valence-corrected chi connectivity index (χ2v) is 6.26. The van der Waals surface area contributed by atoms with E-state index < -0.39 is 0 Å². The number of fused-ring (bicyclic) bond motifs is 1. The standard InChI is InChI=1S/C18H17Br/c1-11-9-14-7-8-17(19)18(16(14)10-11)15-6-4-5-12(2)13(15)3/h4-8,10H,9H2,1-3H3. The molecule has 0 amide bonds. The third-order valence-corrected chi connectivity index (χ3v) is 4.68. The SMILES string of the molecule is CC1=Cc2c(ccc(Br)c2-c2cccc(C)c2C)C1. The topological polar surface area (TPSA) is 0 Å². The van der Waals surface area contributed by atoms with Crippen molar-refractivity contribution < 1.29 is 0 Å². The van der Waals surface area contributed by atoms with Gasteiger partial charge < -0.3 is 0 Å². The first-order chi connectivity index (χ1) is 9.08. The summed E-state index contributed by atoms with van der Waals surface area (Å²) in [6, 6.07) is 11.0. The molecule has 0 nitrogen and oxygen atoms in total. The number of hydrogen-bond acceptors (Lipinski definition) is 0. The number of aryl methyl sites for hydroxylation is 1. The lowest BCUT2D eigenvalue weighted by Crippen LogP contribution is -1.93. The van der Waals surface area contributed by atoms with Crippen LogP contribution in [0.25, 0.3) is 17.2 Å². The normalized spacial score (nSPS) is 13.4. The second kappa shape index (κ2) is 4.64. The van der Waals surface area contributed by atoms with Crippen LogP contribution in [-0.2, 0) is 6.42 Å². The largest absolute Gasteiger partial charge is 0.0683 e. The first kappa shape index (κ1) is 12.7. The van der Waals surface area contributed by atoms with Crippen LogP contribution in [0.5, 0.6) is 0 Å². The van der Waals surface area contributed by atoms with Crippen molar-refractivity contribution in [1.29, 1.82) is 0 Å². The number of rotatable bonds is 1. The number of halogens is 1. The molecule has 0 spiro atoms. The molecule has 0 fully saturated rings. The zero-order chi connectivity index (χ0) is 13.6. The molecule has 0 aromatic heterocycles. The molecule has 1 heteroatoms. The summed E-state index contributed by atoms with van der Waals surface area (Å²) in [4.78, 5) is 0. The second-order valence-electron chi connectivity index (χ2n) is 5.41. The minimum absolute atomic E-state index is 1.08. The molecule has 2 aromatic carbocycles. The molecule has 3 rings (SSSR count). The first-order valence-electron chi connectivity index (χ1n) is 6.63. The smallest absolute Gasteiger partial charge is 0.0260 e. The van der Waals surface area contributed by atoms with Gasteiger partial charge in [-0.15, -0.1) is 0 Å². The highest BCUT2D eigenvalue weighted by Gasteiger charge is 2.18. The van der Waals surface area contributed by atoms with E-state index in [0.29, 0.717) is 0 Å². The molecular weight excluding hydrogens is 296 g/mol. The Bertz CT molecular complexity index is 693. The lowest BCUT2D eigenvalue weighted by Gasteiger charge is -2.14. The van der Waals surface area contributed by atoms with Crippen molar-refractivity contribution >= 4 is 22.0 Å². The predicted molar refractivity (Wildman–Crippen MR) is 86.4 cm³/mol. The van der Waals surface area contributed by atoms with Crippen molar-refractivity contribution in [2.45, 2.75) is 27.2 Å². The Kier molecular flexibility index (Phi) is 3.10. The van der Waals surface area contributed by atoms with Gasteiger partial charge in [0.05, 0.1) is 0 Å². The van der Waals surface area contributed by atoms with Gasteiger partial charge in [-0.25, -0.2) is 0 Å². The van der Waals surface area contributed by atoms with E-state index in [1.54, 1.807) is 0 Å². The van der Waals surface area contributed by atoms with Gasteiger partial charge in [0.1, 0.15) is 0 Å². The van der Waals surface area contributed by atoms with Gasteiger partial charge in [0.2, 0.25) is 0 Å². The fourth-order valence-corrected chi connectivity index (χ4v) is 3.41. The molecule has 0 N–H and O–H groups in total. The lowest BCUT2D eigenvalue weighted by molar-refractivity contribution is 1.19. The van der Waals surface area contributed by atoms with E-state index in [9.17, 15) is 0 Å². The number of benzene rings is 2. The summed E-state index contributed by atoms with van der Waals surface area (Å²) in [6.07, 6.45) is 3.41. The molecule has 0 heterocycles. The highest BCUT2D eigenvalue weighted by Crippen LogP contribution is 2.40. The first-order valence-corrected chi connectivity index (χ1v) is 7.42. The number of allylic oxidation sites excluding steroid dienone is 1. The van der Waals surface area contributed by atoms with E-state index in [4.69, 9.17) is 0 Å². The third kappa shape index (κ3) is 2.06. The molecule has 19 heavy (non-hydrogen) atoms. The summed E-state index contributed by atoms with van der Waals surface area (Å²) < 4.78 is 1.19. The van der Waals surface area contributed by atoms with Crippen molar-refractivity contribution in [3.05, 3.63) is 62.6 Å². The Morgan fingerprint density at radius 3 is 2.58 bits per heavy atom. The average Bonchev–Trinajstić information content (AvgIpc) is 2.74. The summed E-state index contributed by atoms with van der Waals surface area (Å²) >= 11 is 3.74. The van der Waals surface area contributed by atoms with Crippen molar-refractivity contribution in [2.75, 3.05) is 0 Å². The summed E-state index contributed by atoms with van der Waals surface area (Å²) in [7, 11) is 0. The van der Waals surface area contributed by atoms with Gasteiger partial charge in [0.25, 0.3) is 0 Å². The maximum atomic E-state index is 3.74. The van der Waals surface area contributed by atoms with Crippen LogP contribution in [0, 0.1) is 13.8 Å². The zero-order valence-electron chi connectivity index (χ0n) is 11.5. The molecule has 1 aliphatic rings. The van der Waals surface area contributed by atoms with Crippen molar-refractivity contribution in [2.24, 2.45) is 0 Å². The van der Waals surface area contributed by atoms with E-state index in [2.05, 4.69) is 73.1 Å². The van der Waals surface area contributed by atoms with Crippen molar-refractivity contribution in [1.82, 2.24) is 0 Å². The van der Waals surface area contributed by atoms with Crippen LogP contribution in [-0.4, -0.2) is 0 Å².